The fraction of sp³-hybridized carbons (Fsp3) is 0.143. The first-order valence-corrected chi connectivity index (χ1v) is 8.11. The highest BCUT2D eigenvalue weighted by molar-refractivity contribution is 9.10. The molecule has 5 heteroatoms. The summed E-state index contributed by atoms with van der Waals surface area (Å²) in [7, 11) is -3.62. The first kappa shape index (κ1) is 14.2. The third-order valence-electron chi connectivity index (χ3n) is 2.70. The molecule has 2 aromatic carbocycles. The maximum Gasteiger partial charge on any atom is 0.181 e. The Morgan fingerprint density at radius 2 is 1.58 bits per heavy atom. The quantitative estimate of drug-likeness (QED) is 0.843. The van der Waals surface area contributed by atoms with Crippen LogP contribution in [-0.2, 0) is 9.84 Å². The molecule has 0 bridgehead atoms. The third kappa shape index (κ3) is 3.64. The molecule has 1 unspecified atom stereocenters. The summed E-state index contributed by atoms with van der Waals surface area (Å²) >= 11 is 3.23. The van der Waals surface area contributed by atoms with Crippen LogP contribution in [0.2, 0.25) is 0 Å². The molecule has 100 valence electrons. The summed E-state index contributed by atoms with van der Waals surface area (Å²) < 4.78 is 38.9. The Kier molecular flexibility index (Phi) is 4.37. The van der Waals surface area contributed by atoms with Crippen LogP contribution < -0.4 is 0 Å². The van der Waals surface area contributed by atoms with Gasteiger partial charge < -0.3 is 0 Å². The summed E-state index contributed by atoms with van der Waals surface area (Å²) in [4.78, 5) is 0.134. The molecule has 0 heterocycles. The number of sulfone groups is 1. The zero-order chi connectivity index (χ0) is 13.9. The second kappa shape index (κ2) is 5.84. The summed E-state index contributed by atoms with van der Waals surface area (Å²) in [6, 6.07) is 14.5. The Bertz CT molecular complexity index is 639. The third-order valence-corrected chi connectivity index (χ3v) is 4.95. The second-order valence-electron chi connectivity index (χ2n) is 4.11. The van der Waals surface area contributed by atoms with Gasteiger partial charge in [0.1, 0.15) is 6.17 Å². The molecule has 0 saturated carbocycles. The molecule has 0 aliphatic carbocycles. The molecule has 0 spiro atoms. The largest absolute Gasteiger partial charge is 0.241 e. The van der Waals surface area contributed by atoms with Crippen LogP contribution in [0, 0.1) is 0 Å². The molecule has 0 aliphatic rings. The fourth-order valence-electron chi connectivity index (χ4n) is 1.69. The average Bonchev–Trinajstić information content (AvgIpc) is 2.40. The van der Waals surface area contributed by atoms with Crippen molar-refractivity contribution in [3.63, 3.8) is 0 Å². The van der Waals surface area contributed by atoms with Gasteiger partial charge in [-0.05, 0) is 29.8 Å². The van der Waals surface area contributed by atoms with Gasteiger partial charge in [-0.3, -0.25) is 0 Å². The van der Waals surface area contributed by atoms with Gasteiger partial charge in [-0.15, -0.1) is 0 Å². The van der Waals surface area contributed by atoms with Crippen molar-refractivity contribution >= 4 is 25.8 Å². The summed E-state index contributed by atoms with van der Waals surface area (Å²) in [6.45, 7) is 0. The summed E-state index contributed by atoms with van der Waals surface area (Å²) in [6.07, 6.45) is -1.52. The first-order chi connectivity index (χ1) is 8.99. The lowest BCUT2D eigenvalue weighted by atomic mass is 10.1. The van der Waals surface area contributed by atoms with Crippen molar-refractivity contribution in [2.75, 3.05) is 5.75 Å². The maximum atomic E-state index is 14.0. The number of halogens is 2. The molecular formula is C14H12BrFO2S. The highest BCUT2D eigenvalue weighted by Crippen LogP contribution is 2.23. The highest BCUT2D eigenvalue weighted by Gasteiger charge is 2.22. The monoisotopic (exact) mass is 342 g/mol. The van der Waals surface area contributed by atoms with E-state index in [1.165, 1.54) is 12.1 Å². The van der Waals surface area contributed by atoms with E-state index in [1.807, 2.05) is 0 Å². The lowest BCUT2D eigenvalue weighted by molar-refractivity contribution is 0.374. The predicted molar refractivity (Wildman–Crippen MR) is 76.5 cm³/mol. The van der Waals surface area contributed by atoms with Crippen LogP contribution in [0.5, 0.6) is 0 Å². The van der Waals surface area contributed by atoms with Crippen molar-refractivity contribution in [2.24, 2.45) is 0 Å². The smallest absolute Gasteiger partial charge is 0.181 e. The molecular weight excluding hydrogens is 331 g/mol. The van der Waals surface area contributed by atoms with E-state index in [1.54, 1.807) is 42.5 Å². The SMILES string of the molecule is O=S(=O)(CC(F)c1ccccc1)c1ccc(Br)cc1. The Balaban J connectivity index is 2.20. The Morgan fingerprint density at radius 1 is 1.00 bits per heavy atom. The van der Waals surface area contributed by atoms with E-state index >= 15 is 0 Å². The van der Waals surface area contributed by atoms with Gasteiger partial charge in [-0.1, -0.05) is 46.3 Å². The number of alkyl halides is 1. The standard InChI is InChI=1S/C14H12BrFO2S/c15-12-6-8-13(9-7-12)19(17,18)10-14(16)11-4-2-1-3-5-11/h1-9,14H,10H2. The molecule has 0 N–H and O–H groups in total. The van der Waals surface area contributed by atoms with Gasteiger partial charge in [0.05, 0.1) is 10.6 Å². The minimum absolute atomic E-state index is 0.134. The summed E-state index contributed by atoms with van der Waals surface area (Å²) in [5.74, 6) is -0.543. The average molecular weight is 343 g/mol. The Labute approximate surface area is 120 Å². The molecule has 0 amide bonds. The molecule has 0 aliphatic heterocycles. The van der Waals surface area contributed by atoms with E-state index < -0.39 is 21.8 Å². The van der Waals surface area contributed by atoms with E-state index in [4.69, 9.17) is 0 Å². The lowest BCUT2D eigenvalue weighted by Crippen LogP contribution is -2.12. The number of rotatable bonds is 4. The van der Waals surface area contributed by atoms with Crippen LogP contribution in [0.25, 0.3) is 0 Å². The van der Waals surface area contributed by atoms with E-state index in [2.05, 4.69) is 15.9 Å². The minimum Gasteiger partial charge on any atom is -0.241 e. The number of hydrogen-bond acceptors (Lipinski definition) is 2. The van der Waals surface area contributed by atoms with Gasteiger partial charge in [0.25, 0.3) is 0 Å². The molecule has 0 aromatic heterocycles. The van der Waals surface area contributed by atoms with Crippen LogP contribution in [0.15, 0.2) is 64.0 Å². The molecule has 0 saturated heterocycles. The van der Waals surface area contributed by atoms with E-state index in [9.17, 15) is 12.8 Å². The topological polar surface area (TPSA) is 34.1 Å². The van der Waals surface area contributed by atoms with Crippen LogP contribution in [-0.4, -0.2) is 14.2 Å². The zero-order valence-electron chi connectivity index (χ0n) is 9.96. The van der Waals surface area contributed by atoms with Crippen molar-refractivity contribution in [2.45, 2.75) is 11.1 Å². The van der Waals surface area contributed by atoms with Gasteiger partial charge in [0, 0.05) is 4.47 Å². The molecule has 0 radical (unpaired) electrons. The molecule has 0 fully saturated rings. The van der Waals surface area contributed by atoms with Gasteiger partial charge >= 0.3 is 0 Å². The van der Waals surface area contributed by atoms with Crippen molar-refractivity contribution in [3.8, 4) is 0 Å². The molecule has 19 heavy (non-hydrogen) atoms. The van der Waals surface area contributed by atoms with E-state index in [-0.39, 0.29) is 4.90 Å². The molecule has 1 atom stereocenters. The summed E-state index contributed by atoms with van der Waals surface area (Å²) in [5, 5.41) is 0. The Hall–Kier alpha value is -1.20. The van der Waals surface area contributed by atoms with Gasteiger partial charge in [-0.2, -0.15) is 0 Å². The second-order valence-corrected chi connectivity index (χ2v) is 7.06. The van der Waals surface area contributed by atoms with Crippen molar-refractivity contribution in [1.29, 1.82) is 0 Å². The molecule has 2 nitrogen and oxygen atoms in total. The molecule has 2 aromatic rings. The zero-order valence-corrected chi connectivity index (χ0v) is 12.4. The minimum atomic E-state index is -3.62. The van der Waals surface area contributed by atoms with Crippen LogP contribution >= 0.6 is 15.9 Å². The summed E-state index contributed by atoms with van der Waals surface area (Å²) in [5.41, 5.74) is 0.378. The van der Waals surface area contributed by atoms with Crippen LogP contribution in [0.1, 0.15) is 11.7 Å². The van der Waals surface area contributed by atoms with E-state index in [0.717, 1.165) is 4.47 Å². The predicted octanol–water partition coefficient (Wildman–Crippen LogP) is 3.93. The van der Waals surface area contributed by atoms with Gasteiger partial charge in [0.15, 0.2) is 9.84 Å². The fourth-order valence-corrected chi connectivity index (χ4v) is 3.27. The Morgan fingerprint density at radius 3 is 2.16 bits per heavy atom. The van der Waals surface area contributed by atoms with Crippen LogP contribution in [0.3, 0.4) is 0 Å². The maximum absolute atomic E-state index is 14.0. The highest BCUT2D eigenvalue weighted by atomic mass is 79.9. The lowest BCUT2D eigenvalue weighted by Gasteiger charge is -2.09. The van der Waals surface area contributed by atoms with Gasteiger partial charge in [-0.25, -0.2) is 12.8 Å². The number of hydrogen-bond donors (Lipinski definition) is 0. The molecule has 2 rings (SSSR count). The number of benzene rings is 2. The van der Waals surface area contributed by atoms with Crippen molar-refractivity contribution in [1.82, 2.24) is 0 Å². The van der Waals surface area contributed by atoms with Crippen molar-refractivity contribution < 1.29 is 12.8 Å². The first-order valence-electron chi connectivity index (χ1n) is 5.66. The van der Waals surface area contributed by atoms with E-state index in [0.29, 0.717) is 5.56 Å². The van der Waals surface area contributed by atoms with Crippen molar-refractivity contribution in [3.05, 3.63) is 64.6 Å². The van der Waals surface area contributed by atoms with Gasteiger partial charge in [0.2, 0.25) is 0 Å². The normalized spacial score (nSPS) is 13.2. The van der Waals surface area contributed by atoms with Crippen LogP contribution in [0.4, 0.5) is 4.39 Å².